The monoisotopic (exact) mass is 376 g/mol. The van der Waals surface area contributed by atoms with E-state index in [0.29, 0.717) is 6.54 Å². The maximum absolute atomic E-state index is 13.2. The number of nitrogens with zero attached hydrogens (tertiary/aromatic N) is 1. The van der Waals surface area contributed by atoms with Gasteiger partial charge in [0.1, 0.15) is 5.82 Å². The second kappa shape index (κ2) is 7.76. The zero-order valence-electron chi connectivity index (χ0n) is 13.6. The van der Waals surface area contributed by atoms with E-state index < -0.39 is 0 Å². The molecule has 0 aliphatic rings. The summed E-state index contributed by atoms with van der Waals surface area (Å²) in [5.74, 6) is -0.465. The maximum atomic E-state index is 13.2. The van der Waals surface area contributed by atoms with Crippen molar-refractivity contribution in [3.05, 3.63) is 78.8 Å². The van der Waals surface area contributed by atoms with Crippen LogP contribution in [0.5, 0.6) is 0 Å². The summed E-state index contributed by atoms with van der Waals surface area (Å²) in [7, 11) is 0. The molecule has 0 bridgehead atoms. The number of benzene rings is 1. The minimum absolute atomic E-state index is 0.0568. The summed E-state index contributed by atoms with van der Waals surface area (Å²) in [5.41, 5.74) is 1.68. The van der Waals surface area contributed by atoms with Gasteiger partial charge in [-0.25, -0.2) is 4.39 Å². The van der Waals surface area contributed by atoms with E-state index in [1.807, 2.05) is 24.4 Å². The van der Waals surface area contributed by atoms with Gasteiger partial charge in [-0.15, -0.1) is 11.3 Å². The van der Waals surface area contributed by atoms with Crippen molar-refractivity contribution in [2.75, 3.05) is 0 Å². The molecule has 3 rings (SSSR count). The molecule has 1 aromatic carbocycles. The standard InChI is InChI=1S/C18H17FN2O2S2/c1-12-11-25-18(23)21(12)9-8-16(22)20-17(15-3-2-10-24-15)13-4-6-14(19)7-5-13/h2-7,10-11,17H,8-9H2,1H3,(H,20,22). The molecule has 1 atom stereocenters. The van der Waals surface area contributed by atoms with Gasteiger partial charge in [-0.3, -0.25) is 9.59 Å². The van der Waals surface area contributed by atoms with E-state index in [0.717, 1.165) is 27.5 Å². The Bertz CT molecular complexity index is 898. The molecule has 25 heavy (non-hydrogen) atoms. The van der Waals surface area contributed by atoms with Gasteiger partial charge in [0, 0.05) is 28.9 Å². The van der Waals surface area contributed by atoms with Crippen molar-refractivity contribution in [3.63, 3.8) is 0 Å². The predicted octanol–water partition coefficient (Wildman–Crippen LogP) is 3.71. The van der Waals surface area contributed by atoms with Crippen molar-refractivity contribution in [1.82, 2.24) is 9.88 Å². The van der Waals surface area contributed by atoms with E-state index in [4.69, 9.17) is 0 Å². The van der Waals surface area contributed by atoms with Crippen LogP contribution in [0.4, 0.5) is 4.39 Å². The molecule has 1 N–H and O–H groups in total. The highest BCUT2D eigenvalue weighted by molar-refractivity contribution is 7.10. The highest BCUT2D eigenvalue weighted by Crippen LogP contribution is 2.26. The largest absolute Gasteiger partial charge is 0.344 e. The van der Waals surface area contributed by atoms with Crippen LogP contribution >= 0.6 is 22.7 Å². The molecule has 0 aliphatic carbocycles. The van der Waals surface area contributed by atoms with Crippen molar-refractivity contribution in [2.24, 2.45) is 0 Å². The summed E-state index contributed by atoms with van der Waals surface area (Å²) in [6.07, 6.45) is 0.209. The van der Waals surface area contributed by atoms with Gasteiger partial charge in [0.15, 0.2) is 0 Å². The van der Waals surface area contributed by atoms with E-state index in [9.17, 15) is 14.0 Å². The first-order valence-corrected chi connectivity index (χ1v) is 9.53. The Morgan fingerprint density at radius 2 is 2.00 bits per heavy atom. The fourth-order valence-electron chi connectivity index (χ4n) is 2.55. The van der Waals surface area contributed by atoms with E-state index in [-0.39, 0.29) is 29.1 Å². The molecule has 0 saturated heterocycles. The molecule has 0 aliphatic heterocycles. The number of carbonyl (C=O) groups excluding carboxylic acids is 1. The third kappa shape index (κ3) is 4.24. The Morgan fingerprint density at radius 3 is 2.60 bits per heavy atom. The van der Waals surface area contributed by atoms with Crippen molar-refractivity contribution >= 4 is 28.6 Å². The zero-order chi connectivity index (χ0) is 17.8. The van der Waals surface area contributed by atoms with Gasteiger partial charge in [-0.05, 0) is 36.1 Å². The lowest BCUT2D eigenvalue weighted by Gasteiger charge is -2.18. The minimum Gasteiger partial charge on any atom is -0.344 e. The summed E-state index contributed by atoms with van der Waals surface area (Å²) in [6, 6.07) is 9.64. The SMILES string of the molecule is Cc1csc(=O)n1CCC(=O)NC(c1ccc(F)cc1)c1cccs1. The Labute approximate surface area is 152 Å². The highest BCUT2D eigenvalue weighted by atomic mass is 32.1. The normalized spacial score (nSPS) is 12.1. The number of hydrogen-bond donors (Lipinski definition) is 1. The van der Waals surface area contributed by atoms with Crippen molar-refractivity contribution in [3.8, 4) is 0 Å². The minimum atomic E-state index is -0.326. The maximum Gasteiger partial charge on any atom is 0.307 e. The van der Waals surface area contributed by atoms with Crippen LogP contribution in [0, 0.1) is 12.7 Å². The molecule has 0 radical (unpaired) electrons. The van der Waals surface area contributed by atoms with E-state index >= 15 is 0 Å². The average Bonchev–Trinajstić information content (AvgIpc) is 3.23. The van der Waals surface area contributed by atoms with Crippen LogP contribution in [0.25, 0.3) is 0 Å². The lowest BCUT2D eigenvalue weighted by atomic mass is 10.1. The van der Waals surface area contributed by atoms with E-state index in [1.54, 1.807) is 22.1 Å². The number of carbonyl (C=O) groups is 1. The third-order valence-electron chi connectivity index (χ3n) is 3.88. The number of thiazole rings is 1. The second-order valence-electron chi connectivity index (χ2n) is 5.61. The van der Waals surface area contributed by atoms with Gasteiger partial charge in [0.05, 0.1) is 6.04 Å². The summed E-state index contributed by atoms with van der Waals surface area (Å²) in [5, 5.41) is 6.72. The number of rotatable bonds is 6. The number of halogens is 1. The third-order valence-corrected chi connectivity index (χ3v) is 5.69. The fraction of sp³-hybridized carbons (Fsp3) is 0.222. The van der Waals surface area contributed by atoms with Crippen LogP contribution in [0.3, 0.4) is 0 Å². The second-order valence-corrected chi connectivity index (χ2v) is 7.41. The topological polar surface area (TPSA) is 51.1 Å². The van der Waals surface area contributed by atoms with Gasteiger partial charge < -0.3 is 9.88 Å². The quantitative estimate of drug-likeness (QED) is 0.713. The molecular weight excluding hydrogens is 359 g/mol. The number of amides is 1. The number of hydrogen-bond acceptors (Lipinski definition) is 4. The summed E-state index contributed by atoms with van der Waals surface area (Å²) in [4.78, 5) is 25.1. The van der Waals surface area contributed by atoms with Crippen LogP contribution in [0.15, 0.2) is 52.0 Å². The Kier molecular flexibility index (Phi) is 5.45. The van der Waals surface area contributed by atoms with Crippen LogP contribution in [0.1, 0.15) is 28.6 Å². The number of aromatic nitrogens is 1. The molecule has 130 valence electrons. The van der Waals surface area contributed by atoms with Crippen LogP contribution in [-0.4, -0.2) is 10.5 Å². The zero-order valence-corrected chi connectivity index (χ0v) is 15.2. The van der Waals surface area contributed by atoms with E-state index in [1.165, 1.54) is 23.5 Å². The lowest BCUT2D eigenvalue weighted by molar-refractivity contribution is -0.121. The van der Waals surface area contributed by atoms with Crippen LogP contribution < -0.4 is 10.2 Å². The van der Waals surface area contributed by atoms with E-state index in [2.05, 4.69) is 5.32 Å². The molecule has 2 heterocycles. The van der Waals surface area contributed by atoms with Crippen molar-refractivity contribution < 1.29 is 9.18 Å². The van der Waals surface area contributed by atoms with Crippen molar-refractivity contribution in [2.45, 2.75) is 25.9 Å². The predicted molar refractivity (Wildman–Crippen MR) is 98.6 cm³/mol. The molecule has 2 aromatic heterocycles. The molecule has 4 nitrogen and oxygen atoms in total. The molecule has 3 aromatic rings. The number of aryl methyl sites for hydroxylation is 1. The molecule has 0 spiro atoms. The molecule has 0 saturated carbocycles. The molecule has 7 heteroatoms. The van der Waals surface area contributed by atoms with Gasteiger partial charge in [0.2, 0.25) is 5.91 Å². The average molecular weight is 376 g/mol. The first-order valence-electron chi connectivity index (χ1n) is 7.78. The lowest BCUT2D eigenvalue weighted by Crippen LogP contribution is -2.30. The Morgan fingerprint density at radius 1 is 1.24 bits per heavy atom. The summed E-state index contributed by atoms with van der Waals surface area (Å²) >= 11 is 2.67. The number of thiophene rings is 1. The molecular formula is C18H17FN2O2S2. The van der Waals surface area contributed by atoms with Gasteiger partial charge in [-0.1, -0.05) is 29.5 Å². The highest BCUT2D eigenvalue weighted by Gasteiger charge is 2.18. The molecule has 0 fully saturated rings. The first kappa shape index (κ1) is 17.6. The van der Waals surface area contributed by atoms with Gasteiger partial charge >= 0.3 is 4.87 Å². The van der Waals surface area contributed by atoms with Crippen LogP contribution in [0.2, 0.25) is 0 Å². The summed E-state index contributed by atoms with van der Waals surface area (Å²) in [6.45, 7) is 2.20. The smallest absolute Gasteiger partial charge is 0.307 e. The fourth-order valence-corrected chi connectivity index (χ4v) is 4.11. The Hall–Kier alpha value is -2.25. The van der Waals surface area contributed by atoms with Gasteiger partial charge in [-0.2, -0.15) is 0 Å². The van der Waals surface area contributed by atoms with Crippen LogP contribution in [-0.2, 0) is 11.3 Å². The van der Waals surface area contributed by atoms with Gasteiger partial charge in [0.25, 0.3) is 0 Å². The summed E-state index contributed by atoms with van der Waals surface area (Å²) < 4.78 is 14.8. The first-order chi connectivity index (χ1) is 12.0. The van der Waals surface area contributed by atoms with Crippen molar-refractivity contribution in [1.29, 1.82) is 0 Å². The Balaban J connectivity index is 1.73. The molecule has 1 amide bonds. The number of nitrogens with one attached hydrogen (secondary N) is 1. The molecule has 1 unspecified atom stereocenters.